The van der Waals surface area contributed by atoms with E-state index in [1.165, 1.54) is 26.3 Å². The van der Waals surface area contributed by atoms with Crippen LogP contribution in [0.2, 0.25) is 0 Å². The lowest BCUT2D eigenvalue weighted by Crippen LogP contribution is -2.25. The second-order valence-corrected chi connectivity index (χ2v) is 3.96. The molecule has 0 aliphatic heterocycles. The smallest absolute Gasteiger partial charge is 0.274 e. The van der Waals surface area contributed by atoms with Crippen LogP contribution in [-0.4, -0.2) is 30.1 Å². The topological polar surface area (TPSA) is 42.4 Å². The molecule has 0 aliphatic rings. The van der Waals surface area contributed by atoms with Crippen molar-refractivity contribution in [3.63, 3.8) is 0 Å². The Hall–Kier alpha value is -2.01. The quantitative estimate of drug-likeness (QED) is 0.766. The van der Waals surface area contributed by atoms with E-state index in [0.717, 1.165) is 5.06 Å². The van der Waals surface area contributed by atoms with Crippen LogP contribution in [0, 0.1) is 12.7 Å². The standard InChI is InChI=1S/C13H13FN2O2/c1-8-6-11(13(17)16(2)18-3)10-5-4-9(14)7-12(10)15-8/h4-7H,1-3H3. The lowest BCUT2D eigenvalue weighted by Gasteiger charge is -2.15. The van der Waals surface area contributed by atoms with Crippen LogP contribution in [0.15, 0.2) is 24.3 Å². The monoisotopic (exact) mass is 248 g/mol. The zero-order valence-electron chi connectivity index (χ0n) is 10.4. The molecule has 0 fully saturated rings. The molecule has 0 aliphatic carbocycles. The number of carbonyl (C=O) groups excluding carboxylic acids is 1. The Morgan fingerprint density at radius 3 is 2.78 bits per heavy atom. The van der Waals surface area contributed by atoms with Gasteiger partial charge in [-0.1, -0.05) is 0 Å². The highest BCUT2D eigenvalue weighted by Crippen LogP contribution is 2.20. The largest absolute Gasteiger partial charge is 0.277 e. The molecule has 0 atom stereocenters. The van der Waals surface area contributed by atoms with Gasteiger partial charge < -0.3 is 0 Å². The Bertz CT molecular complexity index is 608. The minimum atomic E-state index is -0.376. The molecule has 0 spiro atoms. The van der Waals surface area contributed by atoms with Gasteiger partial charge in [-0.3, -0.25) is 14.6 Å². The summed E-state index contributed by atoms with van der Waals surface area (Å²) in [5.41, 5.74) is 1.56. The number of nitrogens with zero attached hydrogens (tertiary/aromatic N) is 2. The summed E-state index contributed by atoms with van der Waals surface area (Å²) in [6, 6.07) is 5.83. The summed E-state index contributed by atoms with van der Waals surface area (Å²) in [7, 11) is 2.93. The number of hydrogen-bond acceptors (Lipinski definition) is 3. The number of aryl methyl sites for hydroxylation is 1. The molecule has 5 heteroatoms. The second kappa shape index (κ2) is 4.70. The van der Waals surface area contributed by atoms with Gasteiger partial charge in [0.2, 0.25) is 0 Å². The third-order valence-corrected chi connectivity index (χ3v) is 2.69. The summed E-state index contributed by atoms with van der Waals surface area (Å²) in [6.07, 6.45) is 0. The third-order valence-electron chi connectivity index (χ3n) is 2.69. The Balaban J connectivity index is 2.66. The SMILES string of the molecule is CON(C)C(=O)c1cc(C)nc2cc(F)ccc12. The number of fused-ring (bicyclic) bond motifs is 1. The molecule has 0 saturated carbocycles. The molecule has 1 aromatic carbocycles. The van der Waals surface area contributed by atoms with Crippen LogP contribution in [0.1, 0.15) is 16.1 Å². The van der Waals surface area contributed by atoms with Crippen LogP contribution in [0.5, 0.6) is 0 Å². The van der Waals surface area contributed by atoms with E-state index in [4.69, 9.17) is 4.84 Å². The molecule has 18 heavy (non-hydrogen) atoms. The highest BCUT2D eigenvalue weighted by molar-refractivity contribution is 6.05. The second-order valence-electron chi connectivity index (χ2n) is 3.96. The molecule has 0 bridgehead atoms. The fourth-order valence-electron chi connectivity index (χ4n) is 1.76. The number of pyridine rings is 1. The number of benzene rings is 1. The number of carbonyl (C=O) groups is 1. The first-order chi connectivity index (χ1) is 8.52. The van der Waals surface area contributed by atoms with E-state index in [1.807, 2.05) is 0 Å². The maximum absolute atomic E-state index is 13.2. The summed E-state index contributed by atoms with van der Waals surface area (Å²) in [6.45, 7) is 1.76. The molecule has 1 aromatic heterocycles. The molecular weight excluding hydrogens is 235 g/mol. The van der Waals surface area contributed by atoms with Crippen molar-refractivity contribution in [1.29, 1.82) is 0 Å². The first kappa shape index (κ1) is 12.4. The third kappa shape index (κ3) is 2.17. The zero-order chi connectivity index (χ0) is 13.3. The average Bonchev–Trinajstić information content (AvgIpc) is 2.35. The summed E-state index contributed by atoms with van der Waals surface area (Å²) in [5, 5.41) is 1.73. The fraction of sp³-hybridized carbons (Fsp3) is 0.231. The number of halogens is 1. The maximum Gasteiger partial charge on any atom is 0.277 e. The lowest BCUT2D eigenvalue weighted by atomic mass is 10.1. The van der Waals surface area contributed by atoms with Crippen molar-refractivity contribution >= 4 is 16.8 Å². The fourth-order valence-corrected chi connectivity index (χ4v) is 1.76. The molecule has 0 radical (unpaired) electrons. The van der Waals surface area contributed by atoms with E-state index in [-0.39, 0.29) is 11.7 Å². The van der Waals surface area contributed by atoms with Gasteiger partial charge in [-0.25, -0.2) is 9.45 Å². The van der Waals surface area contributed by atoms with Crippen molar-refractivity contribution in [3.8, 4) is 0 Å². The highest BCUT2D eigenvalue weighted by Gasteiger charge is 2.16. The van der Waals surface area contributed by atoms with Crippen LogP contribution >= 0.6 is 0 Å². The van der Waals surface area contributed by atoms with Crippen LogP contribution < -0.4 is 0 Å². The van der Waals surface area contributed by atoms with Gasteiger partial charge in [0.05, 0.1) is 18.2 Å². The van der Waals surface area contributed by atoms with Gasteiger partial charge in [0.25, 0.3) is 5.91 Å². The van der Waals surface area contributed by atoms with Crippen molar-refractivity contribution in [3.05, 3.63) is 41.3 Å². The van der Waals surface area contributed by atoms with E-state index in [1.54, 1.807) is 19.1 Å². The zero-order valence-corrected chi connectivity index (χ0v) is 10.4. The molecule has 2 aromatic rings. The Morgan fingerprint density at radius 2 is 2.11 bits per heavy atom. The van der Waals surface area contributed by atoms with Gasteiger partial charge in [-0.15, -0.1) is 0 Å². The predicted octanol–water partition coefficient (Wildman–Crippen LogP) is 2.32. The van der Waals surface area contributed by atoms with Crippen molar-refractivity contribution in [2.75, 3.05) is 14.2 Å². The number of rotatable bonds is 2. The first-order valence-electron chi connectivity index (χ1n) is 5.42. The van der Waals surface area contributed by atoms with Crippen LogP contribution in [0.4, 0.5) is 4.39 Å². The molecule has 1 heterocycles. The minimum Gasteiger partial charge on any atom is -0.274 e. The summed E-state index contributed by atoms with van der Waals surface area (Å²) in [5.74, 6) is -0.668. The van der Waals surface area contributed by atoms with E-state index in [2.05, 4.69) is 4.98 Å². The predicted molar refractivity (Wildman–Crippen MR) is 65.5 cm³/mol. The molecule has 0 N–H and O–H groups in total. The first-order valence-corrected chi connectivity index (χ1v) is 5.42. The lowest BCUT2D eigenvalue weighted by molar-refractivity contribution is -0.0755. The molecular formula is C13H13FN2O2. The van der Waals surface area contributed by atoms with Crippen molar-refractivity contribution in [1.82, 2.24) is 10.0 Å². The normalized spacial score (nSPS) is 10.7. The number of hydrogen-bond donors (Lipinski definition) is 0. The highest BCUT2D eigenvalue weighted by atomic mass is 19.1. The van der Waals surface area contributed by atoms with Crippen LogP contribution in [-0.2, 0) is 4.84 Å². The molecule has 4 nitrogen and oxygen atoms in total. The van der Waals surface area contributed by atoms with E-state index in [9.17, 15) is 9.18 Å². The number of aromatic nitrogens is 1. The van der Waals surface area contributed by atoms with Gasteiger partial charge in [-0.2, -0.15) is 0 Å². The van der Waals surface area contributed by atoms with Crippen molar-refractivity contribution in [2.24, 2.45) is 0 Å². The molecule has 1 amide bonds. The summed E-state index contributed by atoms with van der Waals surface area (Å²) >= 11 is 0. The average molecular weight is 248 g/mol. The van der Waals surface area contributed by atoms with E-state index < -0.39 is 0 Å². The minimum absolute atomic E-state index is 0.292. The molecule has 94 valence electrons. The van der Waals surface area contributed by atoms with Crippen molar-refractivity contribution in [2.45, 2.75) is 6.92 Å². The van der Waals surface area contributed by atoms with Gasteiger partial charge in [0.1, 0.15) is 5.82 Å². The summed E-state index contributed by atoms with van der Waals surface area (Å²) < 4.78 is 13.2. The summed E-state index contributed by atoms with van der Waals surface area (Å²) in [4.78, 5) is 21.2. The van der Waals surface area contributed by atoms with Crippen LogP contribution in [0.25, 0.3) is 10.9 Å². The van der Waals surface area contributed by atoms with Gasteiger partial charge in [-0.05, 0) is 25.1 Å². The Labute approximate surface area is 104 Å². The molecule has 0 unspecified atom stereocenters. The van der Waals surface area contributed by atoms with Crippen molar-refractivity contribution < 1.29 is 14.0 Å². The van der Waals surface area contributed by atoms with Crippen LogP contribution in [0.3, 0.4) is 0 Å². The number of hydroxylamine groups is 2. The number of amides is 1. The van der Waals surface area contributed by atoms with E-state index >= 15 is 0 Å². The maximum atomic E-state index is 13.2. The Kier molecular flexibility index (Phi) is 3.25. The van der Waals surface area contributed by atoms with Gasteiger partial charge >= 0.3 is 0 Å². The van der Waals surface area contributed by atoms with Gasteiger partial charge in [0.15, 0.2) is 0 Å². The molecule has 2 rings (SSSR count). The van der Waals surface area contributed by atoms with Gasteiger partial charge in [0, 0.05) is 24.2 Å². The Morgan fingerprint density at radius 1 is 1.39 bits per heavy atom. The molecule has 0 saturated heterocycles. The van der Waals surface area contributed by atoms with E-state index in [0.29, 0.717) is 22.2 Å².